The van der Waals surface area contributed by atoms with Gasteiger partial charge in [-0.3, -0.25) is 0 Å². The fraction of sp³-hybridized carbons (Fsp3) is 0.192. The highest BCUT2D eigenvalue weighted by molar-refractivity contribution is 5.88. The van der Waals surface area contributed by atoms with Gasteiger partial charge >= 0.3 is 5.97 Å². The lowest BCUT2D eigenvalue weighted by Crippen LogP contribution is -2.28. The quantitative estimate of drug-likeness (QED) is 0.576. The van der Waals surface area contributed by atoms with E-state index in [0.717, 1.165) is 35.4 Å². The second-order valence-electron chi connectivity index (χ2n) is 7.45. The maximum absolute atomic E-state index is 11.2. The van der Waals surface area contributed by atoms with E-state index in [1.807, 2.05) is 48.5 Å². The molecule has 5 heteroatoms. The SMILES string of the molecule is COc1cc2c(cc1OCc1ccccc1)CCNC2C=Cc1cccc(C(=O)O)c1. The minimum Gasteiger partial charge on any atom is -0.493 e. The van der Waals surface area contributed by atoms with Crippen LogP contribution in [-0.2, 0) is 13.0 Å². The van der Waals surface area contributed by atoms with Gasteiger partial charge in [0.1, 0.15) is 6.61 Å². The number of aromatic carboxylic acids is 1. The number of hydrogen-bond donors (Lipinski definition) is 2. The molecule has 0 fully saturated rings. The number of fused-ring (bicyclic) bond motifs is 1. The zero-order valence-electron chi connectivity index (χ0n) is 17.4. The van der Waals surface area contributed by atoms with Crippen LogP contribution in [0.2, 0.25) is 0 Å². The van der Waals surface area contributed by atoms with E-state index in [1.54, 1.807) is 25.3 Å². The highest BCUT2D eigenvalue weighted by Gasteiger charge is 2.21. The van der Waals surface area contributed by atoms with Crippen molar-refractivity contribution in [1.82, 2.24) is 5.32 Å². The highest BCUT2D eigenvalue weighted by Crippen LogP contribution is 2.36. The molecular weight excluding hydrogens is 390 g/mol. The number of carbonyl (C=O) groups is 1. The van der Waals surface area contributed by atoms with Crippen LogP contribution in [0.3, 0.4) is 0 Å². The number of carboxylic acids is 1. The number of carboxylic acid groups (broad SMARTS) is 1. The van der Waals surface area contributed by atoms with Crippen LogP contribution in [0, 0.1) is 0 Å². The zero-order valence-corrected chi connectivity index (χ0v) is 17.4. The van der Waals surface area contributed by atoms with Crippen molar-refractivity contribution in [3.63, 3.8) is 0 Å². The molecule has 4 rings (SSSR count). The highest BCUT2D eigenvalue weighted by atomic mass is 16.5. The number of methoxy groups -OCH3 is 1. The molecule has 1 atom stereocenters. The molecular formula is C26H25NO4. The van der Waals surface area contributed by atoms with Crippen LogP contribution < -0.4 is 14.8 Å². The lowest BCUT2D eigenvalue weighted by molar-refractivity contribution is 0.0697. The Kier molecular flexibility index (Phi) is 6.34. The Morgan fingerprint density at radius 2 is 1.94 bits per heavy atom. The standard InChI is InChI=1S/C26H25NO4/c1-30-24-16-22-20(15-25(24)31-17-19-6-3-2-4-7-19)12-13-27-23(22)11-10-18-8-5-9-21(14-18)26(28)29/h2-11,14-16,23,27H,12-13,17H2,1H3,(H,28,29). The Bertz CT molecular complexity index is 1090. The van der Waals surface area contributed by atoms with E-state index in [4.69, 9.17) is 9.47 Å². The predicted molar refractivity (Wildman–Crippen MR) is 121 cm³/mol. The molecule has 2 N–H and O–H groups in total. The Morgan fingerprint density at radius 1 is 1.10 bits per heavy atom. The van der Waals surface area contributed by atoms with Gasteiger partial charge in [-0.05, 0) is 52.9 Å². The summed E-state index contributed by atoms with van der Waals surface area (Å²) in [7, 11) is 1.65. The average molecular weight is 415 g/mol. The lowest BCUT2D eigenvalue weighted by Gasteiger charge is -2.26. The summed E-state index contributed by atoms with van der Waals surface area (Å²) in [5.41, 5.74) is 4.59. The Balaban J connectivity index is 1.56. The number of ether oxygens (including phenoxy) is 2. The van der Waals surface area contributed by atoms with E-state index in [9.17, 15) is 9.90 Å². The Hall–Kier alpha value is -3.57. The van der Waals surface area contributed by atoms with Crippen LogP contribution in [0.15, 0.2) is 72.8 Å². The molecule has 1 unspecified atom stereocenters. The smallest absolute Gasteiger partial charge is 0.335 e. The summed E-state index contributed by atoms with van der Waals surface area (Å²) in [5, 5.41) is 12.7. The van der Waals surface area contributed by atoms with Gasteiger partial charge in [0.05, 0.1) is 18.7 Å². The maximum atomic E-state index is 11.2. The van der Waals surface area contributed by atoms with Gasteiger partial charge in [-0.15, -0.1) is 0 Å². The van der Waals surface area contributed by atoms with Gasteiger partial charge in [0.15, 0.2) is 11.5 Å². The van der Waals surface area contributed by atoms with Crippen LogP contribution in [0.25, 0.3) is 6.08 Å². The van der Waals surface area contributed by atoms with Gasteiger partial charge < -0.3 is 19.9 Å². The molecule has 5 nitrogen and oxygen atoms in total. The monoisotopic (exact) mass is 415 g/mol. The molecule has 0 saturated carbocycles. The fourth-order valence-corrected chi connectivity index (χ4v) is 3.76. The molecule has 0 amide bonds. The average Bonchev–Trinajstić information content (AvgIpc) is 2.81. The summed E-state index contributed by atoms with van der Waals surface area (Å²) >= 11 is 0. The first-order valence-corrected chi connectivity index (χ1v) is 10.3. The van der Waals surface area contributed by atoms with E-state index in [-0.39, 0.29) is 11.6 Å². The van der Waals surface area contributed by atoms with Crippen LogP contribution in [-0.4, -0.2) is 24.7 Å². The van der Waals surface area contributed by atoms with Crippen molar-refractivity contribution in [2.24, 2.45) is 0 Å². The number of rotatable bonds is 7. The van der Waals surface area contributed by atoms with Crippen molar-refractivity contribution in [2.45, 2.75) is 19.1 Å². The third-order valence-electron chi connectivity index (χ3n) is 5.37. The third kappa shape index (κ3) is 4.95. The topological polar surface area (TPSA) is 67.8 Å². The molecule has 0 saturated heterocycles. The summed E-state index contributed by atoms with van der Waals surface area (Å²) in [5.74, 6) is 0.512. The summed E-state index contributed by atoms with van der Waals surface area (Å²) in [6.45, 7) is 1.33. The van der Waals surface area contributed by atoms with E-state index < -0.39 is 5.97 Å². The second-order valence-corrected chi connectivity index (χ2v) is 7.45. The molecule has 31 heavy (non-hydrogen) atoms. The van der Waals surface area contributed by atoms with Gasteiger partial charge in [0.2, 0.25) is 0 Å². The van der Waals surface area contributed by atoms with Gasteiger partial charge in [-0.1, -0.05) is 54.6 Å². The van der Waals surface area contributed by atoms with E-state index in [2.05, 4.69) is 17.5 Å². The molecule has 0 bridgehead atoms. The first-order chi connectivity index (χ1) is 15.1. The van der Waals surface area contributed by atoms with Crippen LogP contribution in [0.5, 0.6) is 11.5 Å². The predicted octanol–water partition coefficient (Wildman–Crippen LogP) is 4.87. The van der Waals surface area contributed by atoms with Gasteiger partial charge in [-0.25, -0.2) is 4.79 Å². The Labute approximate surface area is 182 Å². The molecule has 1 aliphatic rings. The normalized spacial score (nSPS) is 15.5. The molecule has 3 aromatic carbocycles. The van der Waals surface area contributed by atoms with Crippen molar-refractivity contribution in [3.05, 3.63) is 101 Å². The van der Waals surface area contributed by atoms with Gasteiger partial charge in [0, 0.05) is 6.54 Å². The van der Waals surface area contributed by atoms with Crippen molar-refractivity contribution in [3.8, 4) is 11.5 Å². The summed E-state index contributed by atoms with van der Waals surface area (Å²) in [4.78, 5) is 11.2. The van der Waals surface area contributed by atoms with E-state index in [1.165, 1.54) is 5.56 Å². The third-order valence-corrected chi connectivity index (χ3v) is 5.37. The molecule has 1 aliphatic heterocycles. The van der Waals surface area contributed by atoms with Crippen LogP contribution in [0.1, 0.15) is 38.7 Å². The van der Waals surface area contributed by atoms with Gasteiger partial charge in [0.25, 0.3) is 0 Å². The molecule has 0 aromatic heterocycles. The summed E-state index contributed by atoms with van der Waals surface area (Å²) in [6.07, 6.45) is 4.91. The first-order valence-electron chi connectivity index (χ1n) is 10.3. The number of hydrogen-bond acceptors (Lipinski definition) is 4. The zero-order chi connectivity index (χ0) is 21.6. The van der Waals surface area contributed by atoms with Crippen LogP contribution >= 0.6 is 0 Å². The molecule has 0 spiro atoms. The fourth-order valence-electron chi connectivity index (χ4n) is 3.76. The summed E-state index contributed by atoms with van der Waals surface area (Å²) < 4.78 is 11.7. The molecule has 158 valence electrons. The minimum absolute atomic E-state index is 0.00862. The molecule has 3 aromatic rings. The van der Waals surface area contributed by atoms with Crippen molar-refractivity contribution < 1.29 is 19.4 Å². The molecule has 0 aliphatic carbocycles. The minimum atomic E-state index is -0.927. The summed E-state index contributed by atoms with van der Waals surface area (Å²) in [6, 6.07) is 21.1. The largest absolute Gasteiger partial charge is 0.493 e. The van der Waals surface area contributed by atoms with Crippen LogP contribution in [0.4, 0.5) is 0 Å². The Morgan fingerprint density at radius 3 is 2.71 bits per heavy atom. The first kappa shape index (κ1) is 20.7. The lowest BCUT2D eigenvalue weighted by atomic mass is 9.93. The van der Waals surface area contributed by atoms with Crippen molar-refractivity contribution in [2.75, 3.05) is 13.7 Å². The van der Waals surface area contributed by atoms with Gasteiger partial charge in [-0.2, -0.15) is 0 Å². The number of benzene rings is 3. The van der Waals surface area contributed by atoms with Crippen molar-refractivity contribution in [1.29, 1.82) is 0 Å². The number of nitrogens with one attached hydrogen (secondary N) is 1. The van der Waals surface area contributed by atoms with Crippen molar-refractivity contribution >= 4 is 12.0 Å². The maximum Gasteiger partial charge on any atom is 0.335 e. The molecule has 0 radical (unpaired) electrons. The van der Waals surface area contributed by atoms with E-state index in [0.29, 0.717) is 12.4 Å². The second kappa shape index (κ2) is 9.49. The van der Waals surface area contributed by atoms with E-state index >= 15 is 0 Å². The molecule has 1 heterocycles.